The minimum atomic E-state index is 0.658. The van der Waals surface area contributed by atoms with Gasteiger partial charge in [-0.25, -0.2) is 0 Å². The van der Waals surface area contributed by atoms with Crippen LogP contribution in [0.2, 0.25) is 0 Å². The Morgan fingerprint density at radius 1 is 0.806 bits per heavy atom. The van der Waals surface area contributed by atoms with Gasteiger partial charge in [0.25, 0.3) is 0 Å². The summed E-state index contributed by atoms with van der Waals surface area (Å²) in [6.45, 7) is 1.21. The minimum Gasteiger partial charge on any atom is -0.364 e. The number of benzene rings is 2. The fourth-order valence-corrected chi connectivity index (χ4v) is 7.92. The van der Waals surface area contributed by atoms with E-state index in [4.69, 9.17) is 4.98 Å². The van der Waals surface area contributed by atoms with Crippen molar-refractivity contribution in [1.82, 2.24) is 4.98 Å². The van der Waals surface area contributed by atoms with E-state index in [1.807, 2.05) is 0 Å². The van der Waals surface area contributed by atoms with E-state index in [2.05, 4.69) is 71.3 Å². The SMILES string of the molecule is C1=C2CCCCC2N(CCCCCCCSc2c3c(nc4ccccc24)CCCC3)c2ccccc21. The van der Waals surface area contributed by atoms with Crippen LogP contribution in [0.15, 0.2) is 59.0 Å². The predicted octanol–water partition coefficient (Wildman–Crippen LogP) is 9.00. The van der Waals surface area contributed by atoms with Crippen molar-refractivity contribution < 1.29 is 0 Å². The van der Waals surface area contributed by atoms with Crippen molar-refractivity contribution >= 4 is 34.4 Å². The summed E-state index contributed by atoms with van der Waals surface area (Å²) in [6.07, 6.45) is 19.6. The molecule has 2 nitrogen and oxygen atoms in total. The number of anilines is 1. The number of aryl methyl sites for hydroxylation is 1. The molecule has 2 aliphatic carbocycles. The van der Waals surface area contributed by atoms with E-state index in [-0.39, 0.29) is 0 Å². The highest BCUT2D eigenvalue weighted by molar-refractivity contribution is 7.99. The van der Waals surface area contributed by atoms with E-state index >= 15 is 0 Å². The zero-order valence-electron chi connectivity index (χ0n) is 21.7. The monoisotopic (exact) mass is 496 g/mol. The molecule has 1 atom stereocenters. The van der Waals surface area contributed by atoms with E-state index in [1.54, 1.807) is 11.1 Å². The molecule has 0 saturated heterocycles. The highest BCUT2D eigenvalue weighted by Gasteiger charge is 2.29. The third-order valence-corrected chi connectivity index (χ3v) is 9.74. The topological polar surface area (TPSA) is 16.1 Å². The number of hydrogen-bond donors (Lipinski definition) is 0. The first-order valence-electron chi connectivity index (χ1n) is 14.5. The molecule has 3 heteroatoms. The van der Waals surface area contributed by atoms with Gasteiger partial charge >= 0.3 is 0 Å². The minimum absolute atomic E-state index is 0.658. The maximum absolute atomic E-state index is 5.01. The Kier molecular flexibility index (Phi) is 7.65. The highest BCUT2D eigenvalue weighted by Crippen LogP contribution is 2.39. The van der Waals surface area contributed by atoms with Gasteiger partial charge in [-0.3, -0.25) is 4.98 Å². The van der Waals surface area contributed by atoms with Crippen molar-refractivity contribution in [3.63, 3.8) is 0 Å². The summed E-state index contributed by atoms with van der Waals surface area (Å²) in [6, 6.07) is 18.5. The van der Waals surface area contributed by atoms with Crippen LogP contribution >= 0.6 is 11.8 Å². The van der Waals surface area contributed by atoms with Gasteiger partial charge in [0, 0.05) is 28.2 Å². The standard InChI is InChI=1S/C33H40N2S/c1(2-12-22-35-31-20-10-4-14-25(31)24-26-15-5-11-21-32(26)35)3-13-23-36-33-27-16-6-8-18-29(27)34-30-19-9-7-17-28(30)33/h4,6,8,10,14,16,18,20,24,32H,1-3,5,7,9,11-13,15,17,19,21-23H2. The Morgan fingerprint density at radius 2 is 1.61 bits per heavy atom. The number of aromatic nitrogens is 1. The summed E-state index contributed by atoms with van der Waals surface area (Å²) in [5.74, 6) is 1.23. The Hall–Kier alpha value is -2.26. The van der Waals surface area contributed by atoms with Gasteiger partial charge in [0.05, 0.1) is 11.6 Å². The van der Waals surface area contributed by atoms with Crippen molar-refractivity contribution in [2.45, 2.75) is 94.4 Å². The zero-order valence-corrected chi connectivity index (χ0v) is 22.5. The Balaban J connectivity index is 0.989. The third kappa shape index (κ3) is 5.09. The summed E-state index contributed by atoms with van der Waals surface area (Å²) in [4.78, 5) is 9.30. The molecule has 3 aliphatic rings. The molecular formula is C33H40N2S. The van der Waals surface area contributed by atoms with Gasteiger partial charge in [-0.05, 0) is 92.4 Å². The average molecular weight is 497 g/mol. The molecule has 6 rings (SSSR count). The molecule has 1 aliphatic heterocycles. The zero-order chi connectivity index (χ0) is 24.2. The van der Waals surface area contributed by atoms with Crippen molar-refractivity contribution in [3.05, 3.63) is 70.9 Å². The molecule has 0 N–H and O–H groups in total. The first kappa shape index (κ1) is 24.1. The number of fused-ring (bicyclic) bond motifs is 4. The smallest absolute Gasteiger partial charge is 0.0716 e. The van der Waals surface area contributed by atoms with Crippen molar-refractivity contribution in [2.75, 3.05) is 17.2 Å². The molecule has 1 unspecified atom stereocenters. The molecule has 3 aromatic rings. The molecule has 2 heterocycles. The van der Waals surface area contributed by atoms with E-state index in [1.165, 1.54) is 122 Å². The molecule has 36 heavy (non-hydrogen) atoms. The summed E-state index contributed by atoms with van der Waals surface area (Å²) >= 11 is 2.10. The Morgan fingerprint density at radius 3 is 2.61 bits per heavy atom. The number of nitrogens with zero attached hydrogens (tertiary/aromatic N) is 2. The van der Waals surface area contributed by atoms with Crippen LogP contribution in [0.1, 0.15) is 87.4 Å². The number of unbranched alkanes of at least 4 members (excludes halogenated alkanes) is 4. The van der Waals surface area contributed by atoms with Crippen LogP contribution in [0.5, 0.6) is 0 Å². The maximum Gasteiger partial charge on any atom is 0.0716 e. The van der Waals surface area contributed by atoms with Crippen LogP contribution in [0.25, 0.3) is 17.0 Å². The summed E-state index contributed by atoms with van der Waals surface area (Å²) in [5, 5.41) is 1.38. The van der Waals surface area contributed by atoms with Crippen LogP contribution in [-0.4, -0.2) is 23.3 Å². The van der Waals surface area contributed by atoms with Crippen LogP contribution < -0.4 is 4.90 Å². The summed E-state index contributed by atoms with van der Waals surface area (Å²) in [7, 11) is 0. The van der Waals surface area contributed by atoms with Crippen molar-refractivity contribution in [2.24, 2.45) is 0 Å². The van der Waals surface area contributed by atoms with Gasteiger partial charge < -0.3 is 4.90 Å². The number of para-hydroxylation sites is 2. The van der Waals surface area contributed by atoms with Gasteiger partial charge in [0.15, 0.2) is 0 Å². The second-order valence-electron chi connectivity index (χ2n) is 10.9. The van der Waals surface area contributed by atoms with Crippen molar-refractivity contribution in [1.29, 1.82) is 0 Å². The maximum atomic E-state index is 5.01. The van der Waals surface area contributed by atoms with E-state index < -0.39 is 0 Å². The van der Waals surface area contributed by atoms with Gasteiger partial charge in [-0.15, -0.1) is 11.8 Å². The number of hydrogen-bond acceptors (Lipinski definition) is 3. The van der Waals surface area contributed by atoms with Crippen molar-refractivity contribution in [3.8, 4) is 0 Å². The lowest BCUT2D eigenvalue weighted by Crippen LogP contribution is -2.41. The number of rotatable bonds is 9. The summed E-state index contributed by atoms with van der Waals surface area (Å²) < 4.78 is 0. The first-order chi connectivity index (χ1) is 17.9. The molecule has 1 saturated carbocycles. The predicted molar refractivity (Wildman–Crippen MR) is 156 cm³/mol. The molecule has 188 valence electrons. The van der Waals surface area contributed by atoms with Gasteiger partial charge in [0.2, 0.25) is 0 Å². The molecule has 2 aromatic carbocycles. The molecular weight excluding hydrogens is 456 g/mol. The normalized spacial score (nSPS) is 18.9. The Bertz CT molecular complexity index is 1230. The molecule has 0 radical (unpaired) electrons. The second kappa shape index (κ2) is 11.4. The second-order valence-corrected chi connectivity index (χ2v) is 12.0. The molecule has 0 spiro atoms. The van der Waals surface area contributed by atoms with Gasteiger partial charge in [-0.2, -0.15) is 0 Å². The average Bonchev–Trinajstić information content (AvgIpc) is 2.93. The lowest BCUT2D eigenvalue weighted by molar-refractivity contribution is 0.490. The number of pyridine rings is 1. The van der Waals surface area contributed by atoms with Crippen LogP contribution in [0.3, 0.4) is 0 Å². The molecule has 0 amide bonds. The number of thioether (sulfide) groups is 1. The van der Waals surface area contributed by atoms with Gasteiger partial charge in [-0.1, -0.05) is 68.2 Å². The van der Waals surface area contributed by atoms with Crippen LogP contribution in [0.4, 0.5) is 5.69 Å². The highest BCUT2D eigenvalue weighted by atomic mass is 32.2. The molecule has 1 fully saturated rings. The van der Waals surface area contributed by atoms with Gasteiger partial charge in [0.1, 0.15) is 0 Å². The van der Waals surface area contributed by atoms with E-state index in [0.29, 0.717) is 6.04 Å². The van der Waals surface area contributed by atoms with E-state index in [0.717, 1.165) is 6.42 Å². The van der Waals surface area contributed by atoms with Crippen LogP contribution in [-0.2, 0) is 12.8 Å². The first-order valence-corrected chi connectivity index (χ1v) is 15.5. The Labute approximate surface area is 221 Å². The quantitative estimate of drug-likeness (QED) is 0.217. The van der Waals surface area contributed by atoms with E-state index in [9.17, 15) is 0 Å². The largest absolute Gasteiger partial charge is 0.364 e. The fourth-order valence-electron chi connectivity index (χ4n) is 6.64. The molecule has 1 aromatic heterocycles. The summed E-state index contributed by atoms with van der Waals surface area (Å²) in [5.41, 5.74) is 8.71. The lowest BCUT2D eigenvalue weighted by Gasteiger charge is -2.42. The van der Waals surface area contributed by atoms with Crippen LogP contribution in [0, 0.1) is 0 Å². The lowest BCUT2D eigenvalue weighted by atomic mass is 9.84. The third-order valence-electron chi connectivity index (χ3n) is 8.49. The fraction of sp³-hybridized carbons (Fsp3) is 0.485. The molecule has 0 bridgehead atoms.